The summed E-state index contributed by atoms with van der Waals surface area (Å²) in [5.41, 5.74) is 4.29. The molecular weight excluding hydrogens is 310 g/mol. The minimum Gasteiger partial charge on any atom is -0.377 e. The first-order valence-electron chi connectivity index (χ1n) is 7.85. The average Bonchev–Trinajstić information content (AvgIpc) is 2.69. The molecule has 2 N–H and O–H groups in total. The maximum atomic E-state index is 13.3. The quantitative estimate of drug-likeness (QED) is 0.829. The van der Waals surface area contributed by atoms with Gasteiger partial charge in [-0.25, -0.2) is 8.78 Å². The molecule has 23 heavy (non-hydrogen) atoms. The van der Waals surface area contributed by atoms with Crippen molar-refractivity contribution in [2.45, 2.75) is 43.6 Å². The van der Waals surface area contributed by atoms with Gasteiger partial charge in [0, 0.05) is 32.4 Å². The van der Waals surface area contributed by atoms with Crippen molar-refractivity contribution < 1.29 is 27.8 Å². The van der Waals surface area contributed by atoms with Crippen LogP contribution in [0.25, 0.3) is 0 Å². The zero-order valence-electron chi connectivity index (χ0n) is 13.4. The maximum Gasteiger partial charge on any atom is 0.248 e. The Morgan fingerprint density at radius 3 is 2.57 bits per heavy atom. The lowest BCUT2D eigenvalue weighted by Crippen LogP contribution is -2.51. The third-order valence-corrected chi connectivity index (χ3v) is 4.66. The van der Waals surface area contributed by atoms with E-state index in [9.17, 15) is 18.4 Å². The summed E-state index contributed by atoms with van der Waals surface area (Å²) in [4.78, 5) is 25.5. The minimum absolute atomic E-state index is 0.0595. The molecule has 8 heteroatoms. The summed E-state index contributed by atoms with van der Waals surface area (Å²) >= 11 is 0. The Hall–Kier alpha value is -1.28. The number of primary amides is 1. The molecule has 2 rings (SSSR count). The highest BCUT2D eigenvalue weighted by molar-refractivity contribution is 5.79. The number of amides is 2. The second-order valence-electron chi connectivity index (χ2n) is 6.47. The van der Waals surface area contributed by atoms with Gasteiger partial charge in [-0.05, 0) is 12.8 Å². The molecule has 0 spiro atoms. The van der Waals surface area contributed by atoms with Crippen LogP contribution in [0.5, 0.6) is 0 Å². The highest BCUT2D eigenvalue weighted by Gasteiger charge is 2.42. The van der Waals surface area contributed by atoms with E-state index in [0.717, 1.165) is 0 Å². The first kappa shape index (κ1) is 18.1. The van der Waals surface area contributed by atoms with Gasteiger partial charge in [-0.2, -0.15) is 0 Å². The van der Waals surface area contributed by atoms with Gasteiger partial charge in [0.25, 0.3) is 0 Å². The van der Waals surface area contributed by atoms with E-state index < -0.39 is 23.3 Å². The van der Waals surface area contributed by atoms with Crippen LogP contribution in [-0.2, 0) is 19.1 Å². The summed E-state index contributed by atoms with van der Waals surface area (Å²) in [7, 11) is 1.45. The summed E-state index contributed by atoms with van der Waals surface area (Å²) in [6.45, 7) is 1.02. The molecule has 2 aliphatic rings. The largest absolute Gasteiger partial charge is 0.377 e. The standard InChI is InChI=1S/C15H24F2N2O4/c1-22-14(8-12(18)20)9-19(6-7-23-10-14)13(21)11-2-4-15(16,17)5-3-11/h11H,2-10H2,1H3,(H2,18,20). The van der Waals surface area contributed by atoms with Gasteiger partial charge in [-0.3, -0.25) is 9.59 Å². The number of ether oxygens (including phenoxy) is 2. The predicted octanol–water partition coefficient (Wildman–Crippen LogP) is 0.931. The van der Waals surface area contributed by atoms with Gasteiger partial charge < -0.3 is 20.1 Å². The topological polar surface area (TPSA) is 81.9 Å². The van der Waals surface area contributed by atoms with Crippen LogP contribution in [0.2, 0.25) is 0 Å². The number of alkyl halides is 2. The van der Waals surface area contributed by atoms with E-state index in [2.05, 4.69) is 0 Å². The third kappa shape index (κ3) is 4.60. The van der Waals surface area contributed by atoms with E-state index in [1.807, 2.05) is 0 Å². The van der Waals surface area contributed by atoms with Gasteiger partial charge in [0.2, 0.25) is 17.7 Å². The smallest absolute Gasteiger partial charge is 0.248 e. The molecule has 2 amide bonds. The minimum atomic E-state index is -2.67. The molecule has 0 aromatic carbocycles. The van der Waals surface area contributed by atoms with Crippen molar-refractivity contribution >= 4 is 11.8 Å². The molecule has 1 aliphatic heterocycles. The van der Waals surface area contributed by atoms with Crippen LogP contribution in [-0.4, -0.2) is 61.7 Å². The number of nitrogens with two attached hydrogens (primary N) is 1. The number of carbonyl (C=O) groups is 2. The first-order chi connectivity index (χ1) is 10.8. The van der Waals surface area contributed by atoms with Crippen molar-refractivity contribution in [3.63, 3.8) is 0 Å². The lowest BCUT2D eigenvalue weighted by Gasteiger charge is -2.36. The molecule has 0 bridgehead atoms. The summed E-state index contributed by atoms with van der Waals surface area (Å²) in [5.74, 6) is -3.78. The molecule has 2 fully saturated rings. The zero-order valence-corrected chi connectivity index (χ0v) is 13.4. The van der Waals surface area contributed by atoms with Crippen LogP contribution in [0.1, 0.15) is 32.1 Å². The number of hydrogen-bond acceptors (Lipinski definition) is 4. The van der Waals surface area contributed by atoms with Crippen LogP contribution in [0.4, 0.5) is 8.78 Å². The Bertz CT molecular complexity index is 451. The molecule has 1 aliphatic carbocycles. The van der Waals surface area contributed by atoms with Gasteiger partial charge in [-0.1, -0.05) is 0 Å². The molecular formula is C15H24F2N2O4. The van der Waals surface area contributed by atoms with Crippen LogP contribution in [0.3, 0.4) is 0 Å². The second-order valence-corrected chi connectivity index (χ2v) is 6.47. The summed E-state index contributed by atoms with van der Waals surface area (Å²) in [6.07, 6.45) is -0.219. The Balaban J connectivity index is 2.05. The van der Waals surface area contributed by atoms with Crippen molar-refractivity contribution in [2.75, 3.05) is 33.4 Å². The normalized spacial score (nSPS) is 29.1. The molecule has 0 aromatic rings. The van der Waals surface area contributed by atoms with E-state index in [0.29, 0.717) is 13.2 Å². The van der Waals surface area contributed by atoms with Crippen LogP contribution in [0.15, 0.2) is 0 Å². The van der Waals surface area contributed by atoms with Gasteiger partial charge >= 0.3 is 0 Å². The average molecular weight is 334 g/mol. The molecule has 1 unspecified atom stereocenters. The summed E-state index contributed by atoms with van der Waals surface area (Å²) < 4.78 is 37.4. The van der Waals surface area contributed by atoms with Crippen molar-refractivity contribution in [3.8, 4) is 0 Å². The molecule has 132 valence electrons. The van der Waals surface area contributed by atoms with Gasteiger partial charge in [0.1, 0.15) is 5.60 Å². The third-order valence-electron chi connectivity index (χ3n) is 4.66. The number of methoxy groups -OCH3 is 1. The van der Waals surface area contributed by atoms with Gasteiger partial charge in [0.15, 0.2) is 0 Å². The number of carbonyl (C=O) groups excluding carboxylic acids is 2. The van der Waals surface area contributed by atoms with E-state index in [1.165, 1.54) is 7.11 Å². The zero-order chi connectivity index (χ0) is 17.1. The van der Waals surface area contributed by atoms with Gasteiger partial charge in [0.05, 0.1) is 26.2 Å². The molecule has 1 saturated carbocycles. The molecule has 1 atom stereocenters. The Morgan fingerprint density at radius 1 is 1.35 bits per heavy atom. The van der Waals surface area contributed by atoms with Crippen molar-refractivity contribution in [2.24, 2.45) is 11.7 Å². The second kappa shape index (κ2) is 7.09. The molecule has 0 radical (unpaired) electrons. The summed E-state index contributed by atoms with van der Waals surface area (Å²) in [6, 6.07) is 0. The van der Waals surface area contributed by atoms with E-state index in [-0.39, 0.29) is 51.2 Å². The lowest BCUT2D eigenvalue weighted by molar-refractivity contribution is -0.145. The van der Waals surface area contributed by atoms with E-state index >= 15 is 0 Å². The predicted molar refractivity (Wildman–Crippen MR) is 77.9 cm³/mol. The number of halogens is 2. The molecule has 6 nitrogen and oxygen atoms in total. The van der Waals surface area contributed by atoms with Gasteiger partial charge in [-0.15, -0.1) is 0 Å². The molecule has 0 aromatic heterocycles. The monoisotopic (exact) mass is 334 g/mol. The number of nitrogens with zero attached hydrogens (tertiary/aromatic N) is 1. The highest BCUT2D eigenvalue weighted by atomic mass is 19.3. The van der Waals surface area contributed by atoms with Crippen molar-refractivity contribution in [1.82, 2.24) is 4.90 Å². The van der Waals surface area contributed by atoms with Crippen LogP contribution in [0, 0.1) is 5.92 Å². The van der Waals surface area contributed by atoms with Crippen LogP contribution >= 0.6 is 0 Å². The summed E-state index contributed by atoms with van der Waals surface area (Å²) in [5, 5.41) is 0. The van der Waals surface area contributed by atoms with Crippen LogP contribution < -0.4 is 5.73 Å². The molecule has 1 saturated heterocycles. The fourth-order valence-corrected chi connectivity index (χ4v) is 3.26. The van der Waals surface area contributed by atoms with Crippen molar-refractivity contribution in [3.05, 3.63) is 0 Å². The Kier molecular flexibility index (Phi) is 5.57. The number of hydrogen-bond donors (Lipinski definition) is 1. The SMILES string of the molecule is COC1(CC(N)=O)COCCN(C(=O)C2CCC(F)(F)CC2)C1. The maximum absolute atomic E-state index is 13.3. The van der Waals surface area contributed by atoms with E-state index in [1.54, 1.807) is 4.90 Å². The van der Waals surface area contributed by atoms with E-state index in [4.69, 9.17) is 15.2 Å². The molecule has 1 heterocycles. The Morgan fingerprint density at radius 2 is 2.00 bits per heavy atom. The van der Waals surface area contributed by atoms with Crippen molar-refractivity contribution in [1.29, 1.82) is 0 Å². The highest BCUT2D eigenvalue weighted by Crippen LogP contribution is 2.37. The number of rotatable bonds is 4. The Labute approximate surface area is 134 Å². The lowest BCUT2D eigenvalue weighted by atomic mass is 9.85. The fourth-order valence-electron chi connectivity index (χ4n) is 3.26. The first-order valence-corrected chi connectivity index (χ1v) is 7.85. The fraction of sp³-hybridized carbons (Fsp3) is 0.867.